The molecular formula is C15H23BrN4O2. The molecule has 0 radical (unpaired) electrons. The summed E-state index contributed by atoms with van der Waals surface area (Å²) in [4.78, 5) is 24.8. The van der Waals surface area contributed by atoms with Gasteiger partial charge in [0.05, 0.1) is 10.0 Å². The summed E-state index contributed by atoms with van der Waals surface area (Å²) in [6, 6.07) is 0. The molecule has 0 saturated carbocycles. The van der Waals surface area contributed by atoms with Gasteiger partial charge in [-0.25, -0.2) is 14.8 Å². The monoisotopic (exact) mass is 370 g/mol. The molecule has 22 heavy (non-hydrogen) atoms. The Kier molecular flexibility index (Phi) is 4.65. The lowest BCUT2D eigenvalue weighted by Crippen LogP contribution is -2.61. The van der Waals surface area contributed by atoms with E-state index in [0.717, 1.165) is 4.47 Å². The van der Waals surface area contributed by atoms with Crippen molar-refractivity contribution in [2.45, 2.75) is 45.8 Å². The number of ether oxygens (including phenoxy) is 1. The first-order valence-electron chi connectivity index (χ1n) is 7.32. The van der Waals surface area contributed by atoms with Gasteiger partial charge < -0.3 is 14.5 Å². The van der Waals surface area contributed by atoms with Gasteiger partial charge in [-0.15, -0.1) is 0 Å². The van der Waals surface area contributed by atoms with Gasteiger partial charge in [-0.05, 0) is 50.5 Å². The lowest BCUT2D eigenvalue weighted by molar-refractivity contribution is 0.0178. The fourth-order valence-corrected chi connectivity index (χ4v) is 2.66. The summed E-state index contributed by atoms with van der Waals surface area (Å²) < 4.78 is 6.31. The van der Waals surface area contributed by atoms with E-state index in [4.69, 9.17) is 4.74 Å². The van der Waals surface area contributed by atoms with E-state index in [-0.39, 0.29) is 11.6 Å². The number of nitrogens with zero attached hydrogens (tertiary/aromatic N) is 4. The normalized spacial score (nSPS) is 18.3. The number of hydrogen-bond acceptors (Lipinski definition) is 5. The molecule has 122 valence electrons. The second kappa shape index (κ2) is 6.02. The van der Waals surface area contributed by atoms with Crippen LogP contribution in [-0.2, 0) is 4.74 Å². The number of anilines is 1. The van der Waals surface area contributed by atoms with Crippen LogP contribution in [0.4, 0.5) is 10.7 Å². The molecule has 0 aliphatic carbocycles. The number of aromatic nitrogens is 2. The fraction of sp³-hybridized carbons (Fsp3) is 0.667. The van der Waals surface area contributed by atoms with Crippen LogP contribution in [0, 0.1) is 0 Å². The highest BCUT2D eigenvalue weighted by Gasteiger charge is 2.38. The van der Waals surface area contributed by atoms with E-state index in [0.29, 0.717) is 25.6 Å². The molecule has 1 aliphatic heterocycles. The molecule has 6 nitrogen and oxygen atoms in total. The van der Waals surface area contributed by atoms with Crippen LogP contribution in [0.2, 0.25) is 0 Å². The van der Waals surface area contributed by atoms with Gasteiger partial charge in [-0.3, -0.25) is 0 Å². The van der Waals surface area contributed by atoms with E-state index in [2.05, 4.69) is 44.6 Å². The lowest BCUT2D eigenvalue weighted by Gasteiger charge is -2.47. The molecule has 1 saturated heterocycles. The quantitative estimate of drug-likeness (QED) is 0.759. The number of rotatable bonds is 1. The van der Waals surface area contributed by atoms with Crippen molar-refractivity contribution in [1.82, 2.24) is 14.9 Å². The first-order chi connectivity index (χ1) is 10.1. The zero-order valence-corrected chi connectivity index (χ0v) is 15.3. The summed E-state index contributed by atoms with van der Waals surface area (Å²) in [6.07, 6.45) is 3.20. The van der Waals surface area contributed by atoms with Gasteiger partial charge >= 0.3 is 6.09 Å². The van der Waals surface area contributed by atoms with Gasteiger partial charge in [0.2, 0.25) is 5.95 Å². The predicted octanol–water partition coefficient (Wildman–Crippen LogP) is 3.07. The van der Waals surface area contributed by atoms with Crippen molar-refractivity contribution in [3.63, 3.8) is 0 Å². The highest BCUT2D eigenvalue weighted by molar-refractivity contribution is 9.10. The first kappa shape index (κ1) is 17.0. The van der Waals surface area contributed by atoms with Gasteiger partial charge in [0.15, 0.2) is 0 Å². The maximum Gasteiger partial charge on any atom is 0.410 e. The molecule has 1 amide bonds. The van der Waals surface area contributed by atoms with E-state index in [1.165, 1.54) is 0 Å². The molecule has 0 N–H and O–H groups in total. The molecule has 1 aliphatic rings. The minimum Gasteiger partial charge on any atom is -0.444 e. The Morgan fingerprint density at radius 2 is 1.86 bits per heavy atom. The van der Waals surface area contributed by atoms with Gasteiger partial charge in [-0.1, -0.05) is 0 Å². The fourth-order valence-electron chi connectivity index (χ4n) is 2.45. The third-order valence-electron chi connectivity index (χ3n) is 3.40. The predicted molar refractivity (Wildman–Crippen MR) is 89.0 cm³/mol. The maximum atomic E-state index is 12.2. The second-order valence-electron chi connectivity index (χ2n) is 7.07. The van der Waals surface area contributed by atoms with Crippen LogP contribution >= 0.6 is 15.9 Å². The molecule has 0 aromatic carbocycles. The number of hydrogen-bond donors (Lipinski definition) is 0. The Morgan fingerprint density at radius 1 is 1.27 bits per heavy atom. The van der Waals surface area contributed by atoms with Crippen LogP contribution in [0.25, 0.3) is 0 Å². The zero-order valence-electron chi connectivity index (χ0n) is 13.8. The summed E-state index contributed by atoms with van der Waals surface area (Å²) in [5.41, 5.74) is -0.740. The third kappa shape index (κ3) is 4.09. The Balaban J connectivity index is 2.09. The van der Waals surface area contributed by atoms with Crippen LogP contribution in [0.1, 0.15) is 34.6 Å². The molecule has 0 atom stereocenters. The summed E-state index contributed by atoms with van der Waals surface area (Å²) >= 11 is 3.34. The highest BCUT2D eigenvalue weighted by atomic mass is 79.9. The molecule has 0 bridgehead atoms. The molecule has 0 unspecified atom stereocenters. The third-order valence-corrected chi connectivity index (χ3v) is 3.81. The Morgan fingerprint density at radius 3 is 2.36 bits per heavy atom. The Bertz CT molecular complexity index is 539. The Hall–Kier alpha value is -1.37. The van der Waals surface area contributed by atoms with Crippen molar-refractivity contribution in [2.24, 2.45) is 0 Å². The molecule has 2 heterocycles. The number of carbonyl (C=O) groups is 1. The van der Waals surface area contributed by atoms with Crippen molar-refractivity contribution in [3.8, 4) is 0 Å². The Labute approximate surface area is 140 Å². The van der Waals surface area contributed by atoms with Crippen molar-refractivity contribution < 1.29 is 9.53 Å². The average molecular weight is 371 g/mol. The standard InChI is InChI=1S/C15H23BrN4O2/c1-14(2,3)22-13(21)19-6-7-20(15(4,5)10-19)12-17-8-11(16)9-18-12/h8-9H,6-7,10H2,1-5H3. The van der Waals surface area contributed by atoms with E-state index >= 15 is 0 Å². The van der Waals surface area contributed by atoms with Gasteiger partial charge in [0.1, 0.15) is 5.60 Å². The molecule has 2 rings (SSSR count). The van der Waals surface area contributed by atoms with Crippen molar-refractivity contribution in [2.75, 3.05) is 24.5 Å². The molecule has 1 aromatic heterocycles. The van der Waals surface area contributed by atoms with Crippen LogP contribution in [0.3, 0.4) is 0 Å². The summed E-state index contributed by atoms with van der Waals surface area (Å²) in [5, 5.41) is 0. The van der Waals surface area contributed by atoms with Crippen LogP contribution in [0.5, 0.6) is 0 Å². The minimum absolute atomic E-state index is 0.261. The van der Waals surface area contributed by atoms with Crippen LogP contribution < -0.4 is 4.90 Å². The maximum absolute atomic E-state index is 12.2. The summed E-state index contributed by atoms with van der Waals surface area (Å²) in [6.45, 7) is 11.6. The zero-order chi connectivity index (χ0) is 16.5. The molecule has 1 aromatic rings. The summed E-state index contributed by atoms with van der Waals surface area (Å²) in [7, 11) is 0. The molecule has 7 heteroatoms. The van der Waals surface area contributed by atoms with E-state index in [9.17, 15) is 4.79 Å². The topological polar surface area (TPSA) is 58.6 Å². The number of carbonyl (C=O) groups excluding carboxylic acids is 1. The minimum atomic E-state index is -0.479. The molecular weight excluding hydrogens is 348 g/mol. The number of piperazine rings is 1. The van der Waals surface area contributed by atoms with Crippen molar-refractivity contribution in [3.05, 3.63) is 16.9 Å². The highest BCUT2D eigenvalue weighted by Crippen LogP contribution is 2.26. The molecule has 1 fully saturated rings. The van der Waals surface area contributed by atoms with Gasteiger partial charge in [0.25, 0.3) is 0 Å². The van der Waals surface area contributed by atoms with E-state index in [1.54, 1.807) is 17.3 Å². The van der Waals surface area contributed by atoms with Crippen LogP contribution in [-0.4, -0.2) is 51.7 Å². The first-order valence-corrected chi connectivity index (χ1v) is 8.11. The van der Waals surface area contributed by atoms with E-state index < -0.39 is 5.60 Å². The molecule has 0 spiro atoms. The van der Waals surface area contributed by atoms with Gasteiger partial charge in [-0.2, -0.15) is 0 Å². The van der Waals surface area contributed by atoms with E-state index in [1.807, 2.05) is 20.8 Å². The van der Waals surface area contributed by atoms with Gasteiger partial charge in [0, 0.05) is 32.0 Å². The largest absolute Gasteiger partial charge is 0.444 e. The van der Waals surface area contributed by atoms with Crippen LogP contribution in [0.15, 0.2) is 16.9 Å². The smallest absolute Gasteiger partial charge is 0.410 e. The lowest BCUT2D eigenvalue weighted by atomic mass is 9.99. The number of amides is 1. The average Bonchev–Trinajstić information content (AvgIpc) is 2.37. The summed E-state index contributed by atoms with van der Waals surface area (Å²) in [5.74, 6) is 0.678. The SMILES string of the molecule is CC(C)(C)OC(=O)N1CCN(c2ncc(Br)cn2)C(C)(C)C1. The number of halogens is 1. The van der Waals surface area contributed by atoms with Crippen molar-refractivity contribution in [1.29, 1.82) is 0 Å². The van der Waals surface area contributed by atoms with Crippen molar-refractivity contribution >= 4 is 28.0 Å². The second-order valence-corrected chi connectivity index (χ2v) is 7.98.